The molecule has 2 heterocycles. The van der Waals surface area contributed by atoms with Crippen molar-refractivity contribution in [2.75, 3.05) is 19.8 Å². The van der Waals surface area contributed by atoms with E-state index >= 15 is 0 Å². The van der Waals surface area contributed by atoms with E-state index in [1.165, 1.54) is 0 Å². The lowest BCUT2D eigenvalue weighted by Gasteiger charge is -2.22. The highest BCUT2D eigenvalue weighted by molar-refractivity contribution is 5.00. The van der Waals surface area contributed by atoms with Crippen molar-refractivity contribution in [1.29, 1.82) is 0 Å². The molecule has 1 aliphatic rings. The molecule has 1 aromatic heterocycles. The highest BCUT2D eigenvalue weighted by Gasteiger charge is 2.27. The van der Waals surface area contributed by atoms with Crippen LogP contribution in [0.5, 0.6) is 0 Å². The molecule has 0 aromatic carbocycles. The van der Waals surface area contributed by atoms with Gasteiger partial charge < -0.3 is 15.0 Å². The van der Waals surface area contributed by atoms with Crippen LogP contribution in [0.4, 0.5) is 13.2 Å². The van der Waals surface area contributed by atoms with Crippen molar-refractivity contribution < 1.29 is 17.9 Å². The summed E-state index contributed by atoms with van der Waals surface area (Å²) < 4.78 is 42.3. The molecule has 1 unspecified atom stereocenters. The second kappa shape index (κ2) is 5.87. The Labute approximate surface area is 108 Å². The van der Waals surface area contributed by atoms with Crippen molar-refractivity contribution in [2.45, 2.75) is 32.0 Å². The minimum atomic E-state index is -4.28. The van der Waals surface area contributed by atoms with E-state index < -0.39 is 12.8 Å². The molecule has 0 aliphatic carbocycles. The molecule has 2 N–H and O–H groups in total. The number of nitrogens with two attached hydrogens (primary N) is 1. The molecule has 19 heavy (non-hydrogen) atoms. The van der Waals surface area contributed by atoms with Gasteiger partial charge in [-0.1, -0.05) is 0 Å². The first-order valence-corrected chi connectivity index (χ1v) is 6.25. The Kier molecular flexibility index (Phi) is 4.41. The average molecular weight is 278 g/mol. The van der Waals surface area contributed by atoms with Crippen LogP contribution >= 0.6 is 0 Å². The van der Waals surface area contributed by atoms with E-state index in [-0.39, 0.29) is 6.61 Å². The lowest BCUT2D eigenvalue weighted by molar-refractivity contribution is -0.173. The highest BCUT2D eigenvalue weighted by atomic mass is 19.4. The molecule has 0 saturated heterocycles. The fourth-order valence-corrected chi connectivity index (χ4v) is 2.19. The van der Waals surface area contributed by atoms with Gasteiger partial charge in [-0.3, -0.25) is 0 Å². The van der Waals surface area contributed by atoms with E-state index in [0.29, 0.717) is 24.7 Å². The Bertz CT molecular complexity index is 419. The second-order valence-corrected chi connectivity index (χ2v) is 4.70. The minimum Gasteiger partial charge on any atom is -0.372 e. The summed E-state index contributed by atoms with van der Waals surface area (Å²) in [6.07, 6.45) is -2.19. The minimum absolute atomic E-state index is 0.00202. The van der Waals surface area contributed by atoms with Gasteiger partial charge in [0.2, 0.25) is 0 Å². The average Bonchev–Trinajstić information content (AvgIpc) is 2.75. The van der Waals surface area contributed by atoms with Crippen LogP contribution in [0.15, 0.2) is 0 Å². The number of aromatic nitrogens is 3. The lowest BCUT2D eigenvalue weighted by atomic mass is 9.98. The number of halogens is 3. The third kappa shape index (κ3) is 3.90. The van der Waals surface area contributed by atoms with Crippen LogP contribution in [0.2, 0.25) is 0 Å². The van der Waals surface area contributed by atoms with Crippen molar-refractivity contribution in [1.82, 2.24) is 14.8 Å². The number of hydrogen-bond acceptors (Lipinski definition) is 4. The number of rotatable bonds is 5. The van der Waals surface area contributed by atoms with Crippen LogP contribution in [0, 0.1) is 5.92 Å². The summed E-state index contributed by atoms with van der Waals surface area (Å²) in [5.41, 5.74) is 5.62. The smallest absolute Gasteiger partial charge is 0.372 e. The van der Waals surface area contributed by atoms with E-state index in [2.05, 4.69) is 14.9 Å². The first-order valence-electron chi connectivity index (χ1n) is 6.25. The Morgan fingerprint density at radius 3 is 2.84 bits per heavy atom. The van der Waals surface area contributed by atoms with Gasteiger partial charge in [0.15, 0.2) is 0 Å². The standard InChI is InChI=1S/C11H17F3N4O/c12-11(13,14)7-19-4-2-9-16-17-10-5-8(6-15)1-3-18(9)10/h8H,1-7,15H2. The summed E-state index contributed by atoms with van der Waals surface area (Å²) in [5.74, 6) is 1.98. The summed E-state index contributed by atoms with van der Waals surface area (Å²) in [7, 11) is 0. The molecule has 1 atom stereocenters. The van der Waals surface area contributed by atoms with Crippen LogP contribution in [-0.4, -0.2) is 40.7 Å². The summed E-state index contributed by atoms with van der Waals surface area (Å²) >= 11 is 0. The fraction of sp³-hybridized carbons (Fsp3) is 0.818. The predicted molar refractivity (Wildman–Crippen MR) is 61.5 cm³/mol. The summed E-state index contributed by atoms with van der Waals surface area (Å²) in [6.45, 7) is 0.177. The molecule has 0 bridgehead atoms. The van der Waals surface area contributed by atoms with Crippen molar-refractivity contribution in [2.24, 2.45) is 11.7 Å². The van der Waals surface area contributed by atoms with Gasteiger partial charge >= 0.3 is 6.18 Å². The molecule has 5 nitrogen and oxygen atoms in total. The molecule has 0 saturated carbocycles. The third-order valence-electron chi connectivity index (χ3n) is 3.21. The maximum absolute atomic E-state index is 11.9. The van der Waals surface area contributed by atoms with Gasteiger partial charge in [-0.15, -0.1) is 10.2 Å². The van der Waals surface area contributed by atoms with Gasteiger partial charge in [0.25, 0.3) is 0 Å². The van der Waals surface area contributed by atoms with E-state index in [0.717, 1.165) is 25.2 Å². The maximum atomic E-state index is 11.9. The maximum Gasteiger partial charge on any atom is 0.411 e. The van der Waals surface area contributed by atoms with Crippen molar-refractivity contribution in [3.63, 3.8) is 0 Å². The lowest BCUT2D eigenvalue weighted by Crippen LogP contribution is -2.26. The molecule has 108 valence electrons. The Hall–Kier alpha value is -1.15. The summed E-state index contributed by atoms with van der Waals surface area (Å²) in [5, 5.41) is 8.07. The van der Waals surface area contributed by atoms with Gasteiger partial charge in [-0.25, -0.2) is 0 Å². The Morgan fingerprint density at radius 1 is 1.37 bits per heavy atom. The van der Waals surface area contributed by atoms with Gasteiger partial charge in [0, 0.05) is 19.4 Å². The topological polar surface area (TPSA) is 66.0 Å². The van der Waals surface area contributed by atoms with Gasteiger partial charge in [0.05, 0.1) is 6.61 Å². The predicted octanol–water partition coefficient (Wildman–Crippen LogP) is 0.921. The van der Waals surface area contributed by atoms with Gasteiger partial charge in [0.1, 0.15) is 18.3 Å². The van der Waals surface area contributed by atoms with Crippen molar-refractivity contribution in [3.05, 3.63) is 11.6 Å². The van der Waals surface area contributed by atoms with Crippen LogP contribution in [0.25, 0.3) is 0 Å². The first-order chi connectivity index (χ1) is 8.99. The molecular formula is C11H17F3N4O. The van der Waals surface area contributed by atoms with Crippen LogP contribution in [0.3, 0.4) is 0 Å². The molecular weight excluding hydrogens is 261 g/mol. The third-order valence-corrected chi connectivity index (χ3v) is 3.21. The number of hydrogen-bond donors (Lipinski definition) is 1. The van der Waals surface area contributed by atoms with Crippen LogP contribution in [0.1, 0.15) is 18.1 Å². The summed E-state index contributed by atoms with van der Waals surface area (Å²) in [6, 6.07) is 0. The molecule has 0 fully saturated rings. The fourth-order valence-electron chi connectivity index (χ4n) is 2.19. The quantitative estimate of drug-likeness (QED) is 0.813. The number of ether oxygens (including phenoxy) is 1. The first kappa shape index (κ1) is 14.3. The second-order valence-electron chi connectivity index (χ2n) is 4.70. The van der Waals surface area contributed by atoms with Crippen LogP contribution in [-0.2, 0) is 24.1 Å². The zero-order chi connectivity index (χ0) is 13.9. The molecule has 2 rings (SSSR count). The highest BCUT2D eigenvalue weighted by Crippen LogP contribution is 2.20. The molecule has 8 heteroatoms. The van der Waals surface area contributed by atoms with Crippen LogP contribution < -0.4 is 5.73 Å². The number of fused-ring (bicyclic) bond motifs is 1. The molecule has 1 aromatic rings. The van der Waals surface area contributed by atoms with Crippen molar-refractivity contribution in [3.8, 4) is 0 Å². The SMILES string of the molecule is NCC1CCn2c(CCOCC(F)(F)F)nnc2C1. The molecule has 1 aliphatic heterocycles. The number of alkyl halides is 3. The van der Waals surface area contributed by atoms with E-state index in [1.54, 1.807) is 0 Å². The summed E-state index contributed by atoms with van der Waals surface area (Å²) in [4.78, 5) is 0. The van der Waals surface area contributed by atoms with E-state index in [4.69, 9.17) is 5.73 Å². The van der Waals surface area contributed by atoms with E-state index in [9.17, 15) is 13.2 Å². The van der Waals surface area contributed by atoms with Crippen molar-refractivity contribution >= 4 is 0 Å². The van der Waals surface area contributed by atoms with Gasteiger partial charge in [-0.2, -0.15) is 13.2 Å². The van der Waals surface area contributed by atoms with E-state index in [1.807, 2.05) is 4.57 Å². The Balaban J connectivity index is 1.84. The number of nitrogens with zero attached hydrogens (tertiary/aromatic N) is 3. The largest absolute Gasteiger partial charge is 0.411 e. The normalized spacial score (nSPS) is 19.5. The molecule has 0 spiro atoms. The zero-order valence-electron chi connectivity index (χ0n) is 10.5. The Morgan fingerprint density at radius 2 is 2.16 bits per heavy atom. The molecule has 0 radical (unpaired) electrons. The monoisotopic (exact) mass is 278 g/mol. The van der Waals surface area contributed by atoms with Gasteiger partial charge in [-0.05, 0) is 18.9 Å². The zero-order valence-corrected chi connectivity index (χ0v) is 10.5. The molecule has 0 amide bonds.